The summed E-state index contributed by atoms with van der Waals surface area (Å²) in [6.07, 6.45) is 0. The van der Waals surface area contributed by atoms with Gasteiger partial charge >= 0.3 is 0 Å². The topological polar surface area (TPSA) is 39.1 Å². The van der Waals surface area contributed by atoms with Crippen LogP contribution < -0.4 is 9.91 Å². The molecule has 0 saturated heterocycles. The Balaban J connectivity index is 1.74. The molecule has 0 saturated carbocycles. The van der Waals surface area contributed by atoms with E-state index in [1.807, 2.05) is 82.7 Å². The summed E-state index contributed by atoms with van der Waals surface area (Å²) >= 11 is 0. The first-order valence-corrected chi connectivity index (χ1v) is 10.8. The lowest BCUT2D eigenvalue weighted by Gasteiger charge is -2.25. The van der Waals surface area contributed by atoms with Gasteiger partial charge in [-0.1, -0.05) is 80.6 Å². The highest BCUT2D eigenvalue weighted by Gasteiger charge is 2.35. The number of benzene rings is 3. The van der Waals surface area contributed by atoms with Crippen molar-refractivity contribution in [1.82, 2.24) is 4.90 Å². The fraction of sp³-hybridized carbons (Fsp3) is 0.231. The van der Waals surface area contributed by atoms with Gasteiger partial charge in [0.25, 0.3) is 5.91 Å². The molecular weight excluding hydrogens is 384 g/mol. The summed E-state index contributed by atoms with van der Waals surface area (Å²) in [5.74, 6) is -0.0536. The lowest BCUT2D eigenvalue weighted by molar-refractivity contribution is -0.112. The van der Waals surface area contributed by atoms with Crippen LogP contribution in [0.4, 0.5) is 11.4 Å². The highest BCUT2D eigenvalue weighted by Crippen LogP contribution is 2.30. The van der Waals surface area contributed by atoms with Crippen LogP contribution in [0, 0.1) is 0 Å². The molecule has 1 heterocycles. The number of anilines is 2. The minimum Gasteiger partial charge on any atom is -0.293 e. The molecule has 0 radical (unpaired) electrons. The van der Waals surface area contributed by atoms with Gasteiger partial charge in [0.1, 0.15) is 0 Å². The number of hydrogen-bond acceptors (Lipinski definition) is 4. The number of carbonyl (C=O) groups is 1. The van der Waals surface area contributed by atoms with E-state index in [0.29, 0.717) is 18.9 Å². The first kappa shape index (κ1) is 20.8. The molecule has 0 aromatic heterocycles. The van der Waals surface area contributed by atoms with Crippen molar-refractivity contribution in [2.75, 3.05) is 29.7 Å². The van der Waals surface area contributed by atoms with Crippen molar-refractivity contribution in [1.29, 1.82) is 0 Å². The fourth-order valence-electron chi connectivity index (χ4n) is 3.78. The van der Waals surface area contributed by atoms with Crippen LogP contribution >= 0.6 is 0 Å². The zero-order valence-corrected chi connectivity index (χ0v) is 18.1. The van der Waals surface area contributed by atoms with Crippen LogP contribution in [0.2, 0.25) is 0 Å². The summed E-state index contributed by atoms with van der Waals surface area (Å²) in [4.78, 5) is 17.6. The van der Waals surface area contributed by atoms with Crippen molar-refractivity contribution >= 4 is 23.0 Å². The number of amides is 1. The number of hydrogen-bond donors (Lipinski definition) is 0. The lowest BCUT2D eigenvalue weighted by atomic mass is 10.1. The van der Waals surface area contributed by atoms with Gasteiger partial charge in [-0.15, -0.1) is 0 Å². The molecule has 4 rings (SSSR count). The van der Waals surface area contributed by atoms with E-state index in [2.05, 4.69) is 30.9 Å². The van der Waals surface area contributed by atoms with Crippen LogP contribution in [0.15, 0.2) is 90.0 Å². The van der Waals surface area contributed by atoms with Gasteiger partial charge in [0.2, 0.25) is 0 Å². The number of para-hydroxylation sites is 2. The Kier molecular flexibility index (Phi) is 6.43. The van der Waals surface area contributed by atoms with E-state index in [0.717, 1.165) is 35.6 Å². The van der Waals surface area contributed by atoms with Gasteiger partial charge in [-0.2, -0.15) is 5.10 Å². The monoisotopic (exact) mass is 412 g/mol. The second-order valence-electron chi connectivity index (χ2n) is 7.52. The van der Waals surface area contributed by atoms with Gasteiger partial charge < -0.3 is 0 Å². The third-order valence-corrected chi connectivity index (χ3v) is 5.58. The molecule has 158 valence electrons. The minimum atomic E-state index is -0.0536. The molecule has 0 bridgehead atoms. The molecule has 0 aliphatic carbocycles. The summed E-state index contributed by atoms with van der Waals surface area (Å²) in [5, 5.41) is 6.83. The van der Waals surface area contributed by atoms with Crippen LogP contribution in [0.1, 0.15) is 25.0 Å². The maximum Gasteiger partial charge on any atom is 0.280 e. The van der Waals surface area contributed by atoms with E-state index in [-0.39, 0.29) is 5.91 Å². The average molecular weight is 413 g/mol. The molecule has 0 N–H and O–H groups in total. The molecule has 0 spiro atoms. The predicted molar refractivity (Wildman–Crippen MR) is 127 cm³/mol. The van der Waals surface area contributed by atoms with Gasteiger partial charge in [0.05, 0.1) is 24.6 Å². The van der Waals surface area contributed by atoms with E-state index >= 15 is 0 Å². The number of carbonyl (C=O) groups excluding carboxylic acids is 1. The molecule has 0 unspecified atom stereocenters. The molecular formula is C26H28N4O. The average Bonchev–Trinajstić information content (AvgIpc) is 3.09. The van der Waals surface area contributed by atoms with Gasteiger partial charge in [-0.3, -0.25) is 19.6 Å². The second-order valence-corrected chi connectivity index (χ2v) is 7.52. The van der Waals surface area contributed by atoms with Crippen LogP contribution in [-0.4, -0.2) is 36.3 Å². The molecule has 3 aromatic carbocycles. The van der Waals surface area contributed by atoms with E-state index < -0.39 is 0 Å². The first-order valence-electron chi connectivity index (χ1n) is 10.8. The quantitative estimate of drug-likeness (QED) is 0.502. The Morgan fingerprint density at radius 1 is 0.806 bits per heavy atom. The fourth-order valence-corrected chi connectivity index (χ4v) is 3.78. The van der Waals surface area contributed by atoms with Crippen molar-refractivity contribution in [2.24, 2.45) is 5.10 Å². The van der Waals surface area contributed by atoms with Crippen molar-refractivity contribution < 1.29 is 4.79 Å². The number of fused-ring (bicyclic) bond motifs is 1. The largest absolute Gasteiger partial charge is 0.293 e. The van der Waals surface area contributed by atoms with Gasteiger partial charge in [0.15, 0.2) is 5.71 Å². The smallest absolute Gasteiger partial charge is 0.280 e. The summed E-state index contributed by atoms with van der Waals surface area (Å²) in [5.41, 5.74) is 4.38. The van der Waals surface area contributed by atoms with Gasteiger partial charge in [-0.05, 0) is 36.9 Å². The maximum absolute atomic E-state index is 13.5. The molecule has 5 heteroatoms. The van der Waals surface area contributed by atoms with Crippen molar-refractivity contribution in [3.8, 4) is 0 Å². The normalized spacial score (nSPS) is 14.4. The first-order chi connectivity index (χ1) is 15.2. The Hall–Kier alpha value is -3.44. The number of rotatable bonds is 8. The summed E-state index contributed by atoms with van der Waals surface area (Å²) in [6.45, 7) is 7.15. The van der Waals surface area contributed by atoms with E-state index in [9.17, 15) is 4.79 Å². The lowest BCUT2D eigenvalue weighted by Crippen LogP contribution is -2.41. The molecule has 3 aromatic rings. The maximum atomic E-state index is 13.5. The Morgan fingerprint density at radius 3 is 2.10 bits per heavy atom. The third kappa shape index (κ3) is 4.52. The SMILES string of the molecule is CCN(CC)CN1C(=O)/C(=N/N(Cc2ccccc2)c2ccccc2)c2ccccc21. The molecule has 1 aliphatic heterocycles. The Labute approximate surface area is 184 Å². The number of hydrazone groups is 1. The summed E-state index contributed by atoms with van der Waals surface area (Å²) in [6, 6.07) is 28.1. The van der Waals surface area contributed by atoms with Crippen molar-refractivity contribution in [3.63, 3.8) is 0 Å². The van der Waals surface area contributed by atoms with Crippen molar-refractivity contribution in [2.45, 2.75) is 20.4 Å². The Morgan fingerprint density at radius 2 is 1.42 bits per heavy atom. The van der Waals surface area contributed by atoms with Crippen molar-refractivity contribution in [3.05, 3.63) is 96.1 Å². The third-order valence-electron chi connectivity index (χ3n) is 5.58. The summed E-state index contributed by atoms with van der Waals surface area (Å²) in [7, 11) is 0. The molecule has 1 amide bonds. The van der Waals surface area contributed by atoms with E-state index in [1.165, 1.54) is 0 Å². The van der Waals surface area contributed by atoms with E-state index in [4.69, 9.17) is 5.10 Å². The molecule has 31 heavy (non-hydrogen) atoms. The second kappa shape index (κ2) is 9.58. The Bertz CT molecular complexity index is 1050. The molecule has 5 nitrogen and oxygen atoms in total. The molecule has 0 atom stereocenters. The zero-order chi connectivity index (χ0) is 21.6. The van der Waals surface area contributed by atoms with Crippen LogP contribution in [-0.2, 0) is 11.3 Å². The zero-order valence-electron chi connectivity index (χ0n) is 18.1. The standard InChI is InChI=1S/C26H28N4O/c1-3-28(4-2)20-29-24-18-12-11-17-23(24)25(26(29)31)27-30(22-15-9-6-10-16-22)19-21-13-7-5-8-14-21/h5-18H,3-4,19-20H2,1-2H3/b27-25+. The van der Waals surface area contributed by atoms with E-state index in [1.54, 1.807) is 0 Å². The molecule has 0 fully saturated rings. The highest BCUT2D eigenvalue weighted by molar-refractivity contribution is 6.54. The number of nitrogens with zero attached hydrogens (tertiary/aromatic N) is 4. The highest BCUT2D eigenvalue weighted by atomic mass is 16.2. The van der Waals surface area contributed by atoms with Crippen LogP contribution in [0.25, 0.3) is 0 Å². The predicted octanol–water partition coefficient (Wildman–Crippen LogP) is 4.74. The minimum absolute atomic E-state index is 0.0536. The summed E-state index contributed by atoms with van der Waals surface area (Å²) < 4.78 is 0. The van der Waals surface area contributed by atoms with Crippen LogP contribution in [0.3, 0.4) is 0 Å². The van der Waals surface area contributed by atoms with Gasteiger partial charge in [-0.25, -0.2) is 0 Å². The van der Waals surface area contributed by atoms with Crippen LogP contribution in [0.5, 0.6) is 0 Å². The molecule has 1 aliphatic rings. The van der Waals surface area contributed by atoms with Gasteiger partial charge in [0, 0.05) is 5.56 Å².